The number of anilines is 1. The van der Waals surface area contributed by atoms with Gasteiger partial charge in [0, 0.05) is 19.2 Å². The molecule has 18 heavy (non-hydrogen) atoms. The molecule has 2 rings (SSSR count). The first-order valence-corrected chi connectivity index (χ1v) is 6.05. The summed E-state index contributed by atoms with van der Waals surface area (Å²) >= 11 is 6.02. The normalized spacial score (nSPS) is 18.8. The number of carbonyl (C=O) groups is 1. The fourth-order valence-electron chi connectivity index (χ4n) is 1.84. The van der Waals surface area contributed by atoms with Crippen LogP contribution >= 0.6 is 11.6 Å². The predicted molar refractivity (Wildman–Crippen MR) is 69.2 cm³/mol. The first-order valence-electron chi connectivity index (χ1n) is 5.67. The number of aliphatic hydroxyl groups excluding tert-OH is 1. The number of nitrogens with one attached hydrogen (secondary N) is 1. The molecule has 1 atom stereocenters. The van der Waals surface area contributed by atoms with E-state index in [2.05, 4.69) is 5.32 Å². The van der Waals surface area contributed by atoms with Crippen LogP contribution in [-0.4, -0.2) is 42.3 Å². The van der Waals surface area contributed by atoms with Gasteiger partial charge in [-0.15, -0.1) is 0 Å². The molecule has 0 unspecified atom stereocenters. The van der Waals surface area contributed by atoms with Gasteiger partial charge in [-0.05, 0) is 18.6 Å². The van der Waals surface area contributed by atoms with Crippen LogP contribution in [0.2, 0.25) is 5.02 Å². The van der Waals surface area contributed by atoms with Crippen molar-refractivity contribution < 1.29 is 14.6 Å². The number of halogens is 1. The molecule has 0 aromatic heterocycles. The minimum Gasteiger partial charge on any atom is -0.497 e. The zero-order valence-corrected chi connectivity index (χ0v) is 10.8. The number of likely N-dealkylation sites (tertiary alicyclic amines) is 1. The van der Waals surface area contributed by atoms with Crippen LogP contribution in [0.15, 0.2) is 18.2 Å². The van der Waals surface area contributed by atoms with E-state index in [-0.39, 0.29) is 6.03 Å². The largest absolute Gasteiger partial charge is 0.497 e. The molecule has 1 aliphatic rings. The molecular formula is C12H15ClN2O3. The quantitative estimate of drug-likeness (QED) is 0.863. The van der Waals surface area contributed by atoms with Crippen molar-refractivity contribution in [2.24, 2.45) is 0 Å². The molecule has 1 heterocycles. The number of hydrogen-bond donors (Lipinski definition) is 2. The second kappa shape index (κ2) is 5.46. The predicted octanol–water partition coefficient (Wildman–Crippen LogP) is 1.95. The summed E-state index contributed by atoms with van der Waals surface area (Å²) < 4.78 is 5.03. The van der Waals surface area contributed by atoms with E-state index in [0.29, 0.717) is 36.0 Å². The highest BCUT2D eigenvalue weighted by Gasteiger charge is 2.24. The Bertz CT molecular complexity index is 453. The summed E-state index contributed by atoms with van der Waals surface area (Å²) in [5, 5.41) is 12.5. The van der Waals surface area contributed by atoms with E-state index in [1.165, 1.54) is 0 Å². The second-order valence-electron chi connectivity index (χ2n) is 4.16. The molecule has 0 radical (unpaired) electrons. The maximum Gasteiger partial charge on any atom is 0.321 e. The lowest BCUT2D eigenvalue weighted by molar-refractivity contribution is 0.176. The molecule has 1 aromatic rings. The maximum atomic E-state index is 11.9. The van der Waals surface area contributed by atoms with E-state index in [1.54, 1.807) is 30.2 Å². The fraction of sp³-hybridized carbons (Fsp3) is 0.417. The first-order chi connectivity index (χ1) is 8.60. The molecule has 0 saturated carbocycles. The van der Waals surface area contributed by atoms with Crippen LogP contribution in [0.4, 0.5) is 10.5 Å². The molecule has 1 fully saturated rings. The average molecular weight is 271 g/mol. The van der Waals surface area contributed by atoms with Crippen molar-refractivity contribution >= 4 is 23.3 Å². The van der Waals surface area contributed by atoms with Gasteiger partial charge in [0.05, 0.1) is 23.9 Å². The van der Waals surface area contributed by atoms with Crippen LogP contribution in [0, 0.1) is 0 Å². The molecule has 6 heteroatoms. The minimum atomic E-state index is -0.429. The van der Waals surface area contributed by atoms with Crippen LogP contribution in [0.3, 0.4) is 0 Å². The number of amides is 2. The summed E-state index contributed by atoms with van der Waals surface area (Å²) in [6, 6.07) is 4.79. The third-order valence-corrected chi connectivity index (χ3v) is 3.18. The second-order valence-corrected chi connectivity index (χ2v) is 4.57. The Hall–Kier alpha value is -1.46. The van der Waals surface area contributed by atoms with Gasteiger partial charge >= 0.3 is 6.03 Å². The molecule has 2 amide bonds. The highest BCUT2D eigenvalue weighted by Crippen LogP contribution is 2.27. The lowest BCUT2D eigenvalue weighted by Crippen LogP contribution is -2.33. The maximum absolute atomic E-state index is 11.9. The van der Waals surface area contributed by atoms with Crippen molar-refractivity contribution in [1.82, 2.24) is 4.90 Å². The molecular weight excluding hydrogens is 256 g/mol. The number of hydrogen-bond acceptors (Lipinski definition) is 3. The number of urea groups is 1. The van der Waals surface area contributed by atoms with Gasteiger partial charge in [0.25, 0.3) is 0 Å². The van der Waals surface area contributed by atoms with E-state index in [0.717, 1.165) is 0 Å². The van der Waals surface area contributed by atoms with Gasteiger partial charge in [0.15, 0.2) is 0 Å². The summed E-state index contributed by atoms with van der Waals surface area (Å²) in [4.78, 5) is 13.4. The molecule has 1 aliphatic heterocycles. The molecule has 1 saturated heterocycles. The third kappa shape index (κ3) is 2.86. The molecule has 5 nitrogen and oxygen atoms in total. The van der Waals surface area contributed by atoms with Crippen LogP contribution in [0.25, 0.3) is 0 Å². The van der Waals surface area contributed by atoms with E-state index in [9.17, 15) is 9.90 Å². The van der Waals surface area contributed by atoms with Crippen molar-refractivity contribution in [2.75, 3.05) is 25.5 Å². The topological polar surface area (TPSA) is 61.8 Å². The molecule has 98 valence electrons. The summed E-state index contributed by atoms with van der Waals surface area (Å²) in [6.45, 7) is 0.917. The molecule has 0 spiro atoms. The molecule has 0 bridgehead atoms. The van der Waals surface area contributed by atoms with Gasteiger partial charge in [-0.3, -0.25) is 0 Å². The molecule has 2 N–H and O–H groups in total. The van der Waals surface area contributed by atoms with Gasteiger partial charge in [-0.25, -0.2) is 4.79 Å². The Balaban J connectivity index is 2.03. The lowest BCUT2D eigenvalue weighted by atomic mass is 10.3. The fourth-order valence-corrected chi connectivity index (χ4v) is 2.06. The number of rotatable bonds is 2. The van der Waals surface area contributed by atoms with Crippen molar-refractivity contribution in [1.29, 1.82) is 0 Å². The number of ether oxygens (including phenoxy) is 1. The summed E-state index contributed by atoms with van der Waals surface area (Å²) in [7, 11) is 1.55. The number of benzene rings is 1. The van der Waals surface area contributed by atoms with E-state index < -0.39 is 6.10 Å². The minimum absolute atomic E-state index is 0.251. The average Bonchev–Trinajstić information content (AvgIpc) is 2.78. The lowest BCUT2D eigenvalue weighted by Gasteiger charge is -2.17. The smallest absolute Gasteiger partial charge is 0.321 e. The number of carbonyl (C=O) groups excluding carboxylic acids is 1. The van der Waals surface area contributed by atoms with Crippen molar-refractivity contribution in [3.8, 4) is 5.75 Å². The summed E-state index contributed by atoms with van der Waals surface area (Å²) in [5.41, 5.74) is 0.531. The van der Waals surface area contributed by atoms with Gasteiger partial charge < -0.3 is 20.1 Å². The van der Waals surface area contributed by atoms with Crippen LogP contribution in [0.1, 0.15) is 6.42 Å². The first kappa shape index (κ1) is 13.0. The molecule has 1 aromatic carbocycles. The Labute approximate surface area is 110 Å². The molecule has 0 aliphatic carbocycles. The van der Waals surface area contributed by atoms with Crippen LogP contribution in [-0.2, 0) is 0 Å². The number of aliphatic hydroxyl groups is 1. The Morgan fingerprint density at radius 3 is 2.94 bits per heavy atom. The highest BCUT2D eigenvalue weighted by molar-refractivity contribution is 6.33. The zero-order chi connectivity index (χ0) is 13.1. The highest BCUT2D eigenvalue weighted by atomic mass is 35.5. The number of β-amino-alcohol motifs (C(OH)–C–C–N with tert-alkyl or cyclic N) is 1. The monoisotopic (exact) mass is 270 g/mol. The Kier molecular flexibility index (Phi) is 3.93. The van der Waals surface area contributed by atoms with Gasteiger partial charge in [0.1, 0.15) is 5.75 Å². The van der Waals surface area contributed by atoms with Crippen molar-refractivity contribution in [3.63, 3.8) is 0 Å². The van der Waals surface area contributed by atoms with Gasteiger partial charge in [-0.1, -0.05) is 11.6 Å². The standard InChI is InChI=1S/C12H15ClN2O3/c1-18-9-2-3-11(10(13)6-9)14-12(17)15-5-4-8(16)7-15/h2-3,6,8,16H,4-5,7H2,1H3,(H,14,17)/t8-/m0/s1. The zero-order valence-electron chi connectivity index (χ0n) is 10.0. The van der Waals surface area contributed by atoms with Gasteiger partial charge in [0.2, 0.25) is 0 Å². The van der Waals surface area contributed by atoms with E-state index in [1.807, 2.05) is 0 Å². The summed E-state index contributed by atoms with van der Waals surface area (Å²) in [6.07, 6.45) is 0.186. The van der Waals surface area contributed by atoms with Crippen LogP contribution in [0.5, 0.6) is 5.75 Å². The van der Waals surface area contributed by atoms with Crippen molar-refractivity contribution in [2.45, 2.75) is 12.5 Å². The van der Waals surface area contributed by atoms with Crippen molar-refractivity contribution in [3.05, 3.63) is 23.2 Å². The van der Waals surface area contributed by atoms with E-state index in [4.69, 9.17) is 16.3 Å². The number of nitrogens with zero attached hydrogens (tertiary/aromatic N) is 1. The summed E-state index contributed by atoms with van der Waals surface area (Å²) in [5.74, 6) is 0.634. The number of methoxy groups -OCH3 is 1. The van der Waals surface area contributed by atoms with E-state index >= 15 is 0 Å². The Morgan fingerprint density at radius 1 is 1.61 bits per heavy atom. The van der Waals surface area contributed by atoms with Crippen LogP contribution < -0.4 is 10.1 Å². The van der Waals surface area contributed by atoms with Gasteiger partial charge in [-0.2, -0.15) is 0 Å². The SMILES string of the molecule is COc1ccc(NC(=O)N2CC[C@H](O)C2)c(Cl)c1. The third-order valence-electron chi connectivity index (χ3n) is 2.87. The Morgan fingerprint density at radius 2 is 2.39 bits per heavy atom.